The first-order valence-corrected chi connectivity index (χ1v) is 4.94. The number of ether oxygens (including phenoxy) is 1. The monoisotopic (exact) mass is 213 g/mol. The smallest absolute Gasteiger partial charge is 0.162 e. The average Bonchev–Trinajstić information content (AvgIpc) is 2.19. The summed E-state index contributed by atoms with van der Waals surface area (Å²) in [5.41, 5.74) is 6.44. The fraction of sp³-hybridized carbons (Fsp3) is 0.455. The van der Waals surface area contributed by atoms with Crippen LogP contribution in [0.4, 0.5) is 8.78 Å². The van der Waals surface area contributed by atoms with Crippen LogP contribution >= 0.6 is 0 Å². The molecule has 0 amide bonds. The first kappa shape index (κ1) is 10.4. The fourth-order valence-electron chi connectivity index (χ4n) is 1.74. The summed E-state index contributed by atoms with van der Waals surface area (Å²) in [6.45, 7) is 2.36. The van der Waals surface area contributed by atoms with Crippen molar-refractivity contribution in [1.29, 1.82) is 0 Å². The average molecular weight is 213 g/mol. The minimum absolute atomic E-state index is 0.00809. The van der Waals surface area contributed by atoms with Gasteiger partial charge in [-0.3, -0.25) is 0 Å². The lowest BCUT2D eigenvalue weighted by Crippen LogP contribution is -2.35. The van der Waals surface area contributed by atoms with E-state index >= 15 is 0 Å². The number of hydrogen-bond acceptors (Lipinski definition) is 2. The number of benzene rings is 1. The molecule has 0 radical (unpaired) electrons. The highest BCUT2D eigenvalue weighted by Crippen LogP contribution is 2.30. The van der Waals surface area contributed by atoms with Crippen molar-refractivity contribution in [3.63, 3.8) is 0 Å². The van der Waals surface area contributed by atoms with Crippen molar-refractivity contribution in [3.8, 4) is 5.75 Å². The number of rotatable bonds is 1. The molecule has 1 aliphatic heterocycles. The lowest BCUT2D eigenvalue weighted by Gasteiger charge is -2.27. The van der Waals surface area contributed by atoms with Gasteiger partial charge in [-0.05, 0) is 25.0 Å². The zero-order valence-electron chi connectivity index (χ0n) is 8.47. The molecule has 1 aromatic rings. The van der Waals surface area contributed by atoms with Crippen LogP contribution in [0, 0.1) is 17.6 Å². The normalized spacial score (nSPS) is 21.7. The second kappa shape index (κ2) is 3.77. The Balaban J connectivity index is 2.30. The Morgan fingerprint density at radius 1 is 1.40 bits per heavy atom. The van der Waals surface area contributed by atoms with Crippen LogP contribution in [0.1, 0.15) is 12.5 Å². The lowest BCUT2D eigenvalue weighted by molar-refractivity contribution is 0.202. The standard InChI is InChI=1S/C11H13F2NO/c1-6(14)8-2-7-3-9(12)10(13)4-11(7)15-5-8/h3-4,6,8H,2,5,14H2,1H3. The molecule has 0 bridgehead atoms. The first-order chi connectivity index (χ1) is 7.08. The topological polar surface area (TPSA) is 35.2 Å². The van der Waals surface area contributed by atoms with Crippen LogP contribution in [-0.2, 0) is 6.42 Å². The Morgan fingerprint density at radius 3 is 2.73 bits per heavy atom. The van der Waals surface area contributed by atoms with Gasteiger partial charge >= 0.3 is 0 Å². The molecular weight excluding hydrogens is 200 g/mol. The Hall–Kier alpha value is -1.16. The van der Waals surface area contributed by atoms with E-state index in [4.69, 9.17) is 10.5 Å². The molecule has 1 heterocycles. The summed E-state index contributed by atoms with van der Waals surface area (Å²) < 4.78 is 31.2. The van der Waals surface area contributed by atoms with Crippen molar-refractivity contribution in [1.82, 2.24) is 0 Å². The van der Waals surface area contributed by atoms with Crippen LogP contribution in [-0.4, -0.2) is 12.6 Å². The molecule has 2 unspecified atom stereocenters. The van der Waals surface area contributed by atoms with Crippen LogP contribution in [0.3, 0.4) is 0 Å². The number of nitrogens with two attached hydrogens (primary N) is 1. The minimum Gasteiger partial charge on any atom is -0.493 e. The quantitative estimate of drug-likeness (QED) is 0.772. The van der Waals surface area contributed by atoms with Gasteiger partial charge in [-0.15, -0.1) is 0 Å². The molecule has 2 rings (SSSR count). The number of fused-ring (bicyclic) bond motifs is 1. The van der Waals surface area contributed by atoms with Crippen LogP contribution in [0.25, 0.3) is 0 Å². The van der Waals surface area contributed by atoms with Crippen LogP contribution in [0.15, 0.2) is 12.1 Å². The van der Waals surface area contributed by atoms with E-state index in [9.17, 15) is 8.78 Å². The molecule has 0 aromatic heterocycles. The van der Waals surface area contributed by atoms with Gasteiger partial charge in [0.05, 0.1) is 6.61 Å². The second-order valence-corrected chi connectivity index (χ2v) is 4.01. The summed E-state index contributed by atoms with van der Waals surface area (Å²) in [6, 6.07) is 2.28. The van der Waals surface area contributed by atoms with Crippen molar-refractivity contribution < 1.29 is 13.5 Å². The van der Waals surface area contributed by atoms with Gasteiger partial charge in [0.2, 0.25) is 0 Å². The molecule has 82 valence electrons. The van der Waals surface area contributed by atoms with Crippen molar-refractivity contribution in [2.24, 2.45) is 11.7 Å². The van der Waals surface area contributed by atoms with Crippen molar-refractivity contribution >= 4 is 0 Å². The van der Waals surface area contributed by atoms with E-state index in [2.05, 4.69) is 0 Å². The molecule has 0 aliphatic carbocycles. The molecular formula is C11H13F2NO. The molecule has 0 fully saturated rings. The van der Waals surface area contributed by atoms with Gasteiger partial charge in [0.1, 0.15) is 5.75 Å². The summed E-state index contributed by atoms with van der Waals surface area (Å²) in [5.74, 6) is -1.09. The van der Waals surface area contributed by atoms with Gasteiger partial charge < -0.3 is 10.5 Å². The molecule has 1 aromatic carbocycles. The van der Waals surface area contributed by atoms with E-state index in [0.717, 1.165) is 6.07 Å². The third-order valence-electron chi connectivity index (χ3n) is 2.78. The zero-order valence-corrected chi connectivity index (χ0v) is 8.47. The molecule has 0 spiro atoms. The number of halogens is 2. The van der Waals surface area contributed by atoms with E-state index in [0.29, 0.717) is 24.3 Å². The van der Waals surface area contributed by atoms with Crippen LogP contribution in [0.5, 0.6) is 5.75 Å². The third kappa shape index (κ3) is 1.95. The fourth-order valence-corrected chi connectivity index (χ4v) is 1.74. The Kier molecular flexibility index (Phi) is 2.61. The van der Waals surface area contributed by atoms with Gasteiger partial charge in [-0.1, -0.05) is 0 Å². The first-order valence-electron chi connectivity index (χ1n) is 4.94. The zero-order chi connectivity index (χ0) is 11.0. The van der Waals surface area contributed by atoms with Crippen molar-refractivity contribution in [2.45, 2.75) is 19.4 Å². The molecule has 15 heavy (non-hydrogen) atoms. The highest BCUT2D eigenvalue weighted by Gasteiger charge is 2.24. The van der Waals surface area contributed by atoms with Crippen molar-refractivity contribution in [2.75, 3.05) is 6.61 Å². The van der Waals surface area contributed by atoms with Gasteiger partial charge in [0.15, 0.2) is 11.6 Å². The van der Waals surface area contributed by atoms with E-state index < -0.39 is 11.6 Å². The van der Waals surface area contributed by atoms with E-state index in [-0.39, 0.29) is 12.0 Å². The maximum absolute atomic E-state index is 13.0. The van der Waals surface area contributed by atoms with Crippen LogP contribution < -0.4 is 10.5 Å². The number of hydrogen-bond donors (Lipinski definition) is 1. The van der Waals surface area contributed by atoms with Gasteiger partial charge in [-0.25, -0.2) is 8.78 Å². The summed E-state index contributed by atoms with van der Waals surface area (Å²) in [5, 5.41) is 0. The molecule has 2 atom stereocenters. The predicted octanol–water partition coefficient (Wildman–Crippen LogP) is 1.86. The molecule has 2 nitrogen and oxygen atoms in total. The van der Waals surface area contributed by atoms with Gasteiger partial charge in [0, 0.05) is 18.0 Å². The maximum atomic E-state index is 13.0. The predicted molar refractivity (Wildman–Crippen MR) is 52.7 cm³/mol. The SMILES string of the molecule is CC(N)C1COc2cc(F)c(F)cc2C1. The molecule has 1 aliphatic rings. The Labute approximate surface area is 87.0 Å². The van der Waals surface area contributed by atoms with Gasteiger partial charge in [0.25, 0.3) is 0 Å². The molecule has 0 saturated carbocycles. The highest BCUT2D eigenvalue weighted by molar-refractivity contribution is 5.36. The summed E-state index contributed by atoms with van der Waals surface area (Å²) in [6.07, 6.45) is 0.643. The van der Waals surface area contributed by atoms with Gasteiger partial charge in [-0.2, -0.15) is 0 Å². The largest absolute Gasteiger partial charge is 0.493 e. The lowest BCUT2D eigenvalue weighted by atomic mass is 9.92. The third-order valence-corrected chi connectivity index (χ3v) is 2.78. The summed E-state index contributed by atoms with van der Waals surface area (Å²) >= 11 is 0. The Bertz CT molecular complexity index is 379. The summed E-state index contributed by atoms with van der Waals surface area (Å²) in [7, 11) is 0. The Morgan fingerprint density at radius 2 is 2.07 bits per heavy atom. The van der Waals surface area contributed by atoms with E-state index in [1.807, 2.05) is 6.92 Å². The molecule has 4 heteroatoms. The van der Waals surface area contributed by atoms with E-state index in [1.54, 1.807) is 0 Å². The van der Waals surface area contributed by atoms with E-state index in [1.165, 1.54) is 6.07 Å². The highest BCUT2D eigenvalue weighted by atomic mass is 19.2. The molecule has 0 saturated heterocycles. The summed E-state index contributed by atoms with van der Waals surface area (Å²) in [4.78, 5) is 0. The maximum Gasteiger partial charge on any atom is 0.162 e. The van der Waals surface area contributed by atoms with Crippen molar-refractivity contribution in [3.05, 3.63) is 29.3 Å². The second-order valence-electron chi connectivity index (χ2n) is 4.01. The minimum atomic E-state index is -0.868. The van der Waals surface area contributed by atoms with Crippen LogP contribution in [0.2, 0.25) is 0 Å². The molecule has 2 N–H and O–H groups in total.